The number of carbonyl (C=O) groups is 2. The van der Waals surface area contributed by atoms with Crippen LogP contribution in [0.5, 0.6) is 5.75 Å². The van der Waals surface area contributed by atoms with Crippen molar-refractivity contribution >= 4 is 33.4 Å². The molecule has 0 saturated carbocycles. The van der Waals surface area contributed by atoms with Gasteiger partial charge in [0.2, 0.25) is 0 Å². The molecular formula is C13H13BrN2O4. The molecule has 0 fully saturated rings. The molecule has 2 amide bonds. The lowest BCUT2D eigenvalue weighted by Gasteiger charge is -2.15. The van der Waals surface area contributed by atoms with Crippen LogP contribution in [0, 0.1) is 6.92 Å². The number of imide groups is 1. The van der Waals surface area contributed by atoms with Gasteiger partial charge in [-0.1, -0.05) is 15.9 Å². The lowest BCUT2D eigenvalue weighted by molar-refractivity contribution is -0.137. The van der Waals surface area contributed by atoms with Gasteiger partial charge in [-0.05, 0) is 24.6 Å². The van der Waals surface area contributed by atoms with Crippen LogP contribution >= 0.6 is 15.9 Å². The first-order valence-electron chi connectivity index (χ1n) is 5.89. The molecule has 0 atom stereocenters. The number of phenolic OH excluding ortho intramolecular Hbond substituents is 1. The van der Waals surface area contributed by atoms with E-state index in [1.807, 2.05) is 0 Å². The maximum Gasteiger partial charge on any atom is 0.277 e. The molecule has 1 aliphatic rings. The average Bonchev–Trinajstić information content (AvgIpc) is 2.67. The number of benzene rings is 1. The minimum atomic E-state index is -0.525. The molecule has 0 aromatic heterocycles. The van der Waals surface area contributed by atoms with Crippen LogP contribution in [0.25, 0.3) is 0 Å². The number of hydrogen-bond donors (Lipinski definition) is 3. The second kappa shape index (κ2) is 5.64. The number of nitrogens with zero attached hydrogens (tertiary/aromatic N) is 1. The van der Waals surface area contributed by atoms with E-state index in [1.54, 1.807) is 13.0 Å². The number of phenols is 1. The van der Waals surface area contributed by atoms with E-state index in [9.17, 15) is 14.7 Å². The molecule has 1 aromatic carbocycles. The highest BCUT2D eigenvalue weighted by atomic mass is 79.9. The van der Waals surface area contributed by atoms with Gasteiger partial charge in [0.1, 0.15) is 11.4 Å². The summed E-state index contributed by atoms with van der Waals surface area (Å²) in [5.41, 5.74) is 1.14. The monoisotopic (exact) mass is 340 g/mol. The van der Waals surface area contributed by atoms with Crippen LogP contribution < -0.4 is 5.32 Å². The van der Waals surface area contributed by atoms with Crippen LogP contribution in [0.1, 0.15) is 5.56 Å². The van der Waals surface area contributed by atoms with Crippen molar-refractivity contribution in [3.63, 3.8) is 0 Å². The summed E-state index contributed by atoms with van der Waals surface area (Å²) in [7, 11) is 0. The highest BCUT2D eigenvalue weighted by Gasteiger charge is 2.31. The normalized spacial score (nSPS) is 14.8. The Morgan fingerprint density at radius 2 is 2.05 bits per heavy atom. The Bertz CT molecular complexity index is 613. The van der Waals surface area contributed by atoms with Crippen LogP contribution in [-0.4, -0.2) is 40.1 Å². The number of rotatable bonds is 4. The average molecular weight is 341 g/mol. The zero-order valence-electron chi connectivity index (χ0n) is 10.7. The molecule has 20 heavy (non-hydrogen) atoms. The standard InChI is InChI=1S/C13H13BrN2O4/c1-7-8(14)2-3-10(18)12(7)15-9-6-11(19)16(4-5-17)13(9)20/h2-3,6,15,17-18H,4-5H2,1H3. The third-order valence-electron chi connectivity index (χ3n) is 2.97. The molecule has 2 rings (SSSR count). The van der Waals surface area contributed by atoms with Crippen LogP contribution in [0.2, 0.25) is 0 Å². The van der Waals surface area contributed by atoms with Crippen LogP contribution in [-0.2, 0) is 9.59 Å². The summed E-state index contributed by atoms with van der Waals surface area (Å²) in [6, 6.07) is 3.16. The smallest absolute Gasteiger partial charge is 0.277 e. The summed E-state index contributed by atoms with van der Waals surface area (Å²) in [4.78, 5) is 24.5. The zero-order valence-corrected chi connectivity index (χ0v) is 12.3. The SMILES string of the molecule is Cc1c(Br)ccc(O)c1NC1=CC(=O)N(CCO)C1=O. The van der Waals surface area contributed by atoms with Gasteiger partial charge in [-0.3, -0.25) is 14.5 Å². The predicted molar refractivity (Wildman–Crippen MR) is 76.1 cm³/mol. The molecule has 0 saturated heterocycles. The number of aliphatic hydroxyl groups is 1. The Morgan fingerprint density at radius 1 is 1.35 bits per heavy atom. The second-order valence-electron chi connectivity index (χ2n) is 4.27. The minimum absolute atomic E-state index is 0.0209. The van der Waals surface area contributed by atoms with E-state index in [2.05, 4.69) is 21.2 Å². The highest BCUT2D eigenvalue weighted by molar-refractivity contribution is 9.10. The molecule has 0 radical (unpaired) electrons. The van der Waals surface area contributed by atoms with Crippen LogP contribution in [0.15, 0.2) is 28.4 Å². The first kappa shape index (κ1) is 14.5. The molecule has 3 N–H and O–H groups in total. The molecule has 0 aliphatic carbocycles. The number of hydrogen-bond acceptors (Lipinski definition) is 5. The fourth-order valence-corrected chi connectivity index (χ4v) is 2.20. The summed E-state index contributed by atoms with van der Waals surface area (Å²) in [6.45, 7) is 1.42. The number of nitrogens with one attached hydrogen (secondary N) is 1. The van der Waals surface area contributed by atoms with Gasteiger partial charge < -0.3 is 15.5 Å². The van der Waals surface area contributed by atoms with Gasteiger partial charge in [0.15, 0.2) is 0 Å². The second-order valence-corrected chi connectivity index (χ2v) is 5.12. The van der Waals surface area contributed by atoms with Crippen molar-refractivity contribution < 1.29 is 19.8 Å². The van der Waals surface area contributed by atoms with E-state index in [-0.39, 0.29) is 24.6 Å². The fourth-order valence-electron chi connectivity index (χ4n) is 1.87. The summed E-state index contributed by atoms with van der Waals surface area (Å²) in [5.74, 6) is -1.03. The quantitative estimate of drug-likeness (QED) is 0.564. The van der Waals surface area contributed by atoms with E-state index in [1.165, 1.54) is 6.07 Å². The van der Waals surface area contributed by atoms with E-state index in [0.29, 0.717) is 11.3 Å². The zero-order chi connectivity index (χ0) is 14.9. The molecule has 0 spiro atoms. The lowest BCUT2D eigenvalue weighted by atomic mass is 10.2. The maximum atomic E-state index is 12.0. The van der Waals surface area contributed by atoms with Crippen molar-refractivity contribution in [1.29, 1.82) is 0 Å². The fraction of sp³-hybridized carbons (Fsp3) is 0.231. The Labute approximate surface area is 123 Å². The van der Waals surface area contributed by atoms with Crippen molar-refractivity contribution in [2.75, 3.05) is 18.5 Å². The first-order chi connectivity index (χ1) is 9.45. The van der Waals surface area contributed by atoms with Gasteiger partial charge in [-0.2, -0.15) is 0 Å². The summed E-state index contributed by atoms with van der Waals surface area (Å²) in [6.07, 6.45) is 1.15. The van der Waals surface area contributed by atoms with Crippen LogP contribution in [0.4, 0.5) is 5.69 Å². The largest absolute Gasteiger partial charge is 0.506 e. The molecular weight excluding hydrogens is 328 g/mol. The number of amides is 2. The van der Waals surface area contributed by atoms with Gasteiger partial charge in [0.25, 0.3) is 11.8 Å². The number of aliphatic hydroxyl groups excluding tert-OH is 1. The number of carbonyl (C=O) groups excluding carboxylic acids is 2. The first-order valence-corrected chi connectivity index (χ1v) is 6.68. The summed E-state index contributed by atoms with van der Waals surface area (Å²) >= 11 is 3.33. The predicted octanol–water partition coefficient (Wildman–Crippen LogP) is 1.12. The van der Waals surface area contributed by atoms with Gasteiger partial charge in [-0.25, -0.2) is 0 Å². The molecule has 6 nitrogen and oxygen atoms in total. The Balaban J connectivity index is 2.28. The third kappa shape index (κ3) is 2.54. The van der Waals surface area contributed by atoms with Crippen molar-refractivity contribution in [3.05, 3.63) is 33.9 Å². The van der Waals surface area contributed by atoms with E-state index in [4.69, 9.17) is 5.11 Å². The number of aromatic hydroxyl groups is 1. The maximum absolute atomic E-state index is 12.0. The van der Waals surface area contributed by atoms with Gasteiger partial charge in [0.05, 0.1) is 18.8 Å². The molecule has 1 aliphatic heterocycles. The number of halogens is 1. The number of anilines is 1. The Kier molecular flexibility index (Phi) is 4.10. The molecule has 106 valence electrons. The Hall–Kier alpha value is -1.86. The summed E-state index contributed by atoms with van der Waals surface area (Å²) in [5, 5.41) is 21.4. The molecule has 0 bridgehead atoms. The van der Waals surface area contributed by atoms with Gasteiger partial charge >= 0.3 is 0 Å². The topological polar surface area (TPSA) is 89.9 Å². The van der Waals surface area contributed by atoms with E-state index in [0.717, 1.165) is 15.4 Å². The van der Waals surface area contributed by atoms with Gasteiger partial charge in [-0.15, -0.1) is 0 Å². The van der Waals surface area contributed by atoms with E-state index >= 15 is 0 Å². The van der Waals surface area contributed by atoms with Crippen molar-refractivity contribution in [2.45, 2.75) is 6.92 Å². The third-order valence-corrected chi connectivity index (χ3v) is 3.83. The van der Waals surface area contributed by atoms with Crippen molar-refractivity contribution in [1.82, 2.24) is 4.90 Å². The molecule has 1 aromatic rings. The highest BCUT2D eigenvalue weighted by Crippen LogP contribution is 2.34. The van der Waals surface area contributed by atoms with Crippen molar-refractivity contribution in [3.8, 4) is 5.75 Å². The van der Waals surface area contributed by atoms with Crippen LogP contribution in [0.3, 0.4) is 0 Å². The lowest BCUT2D eigenvalue weighted by Crippen LogP contribution is -2.34. The molecule has 0 unspecified atom stereocenters. The summed E-state index contributed by atoms with van der Waals surface area (Å²) < 4.78 is 0.766. The number of β-amino-alcohol motifs (C(OH)–C–C–N with tert-alkyl or cyclic N) is 1. The molecule has 7 heteroatoms. The van der Waals surface area contributed by atoms with Crippen molar-refractivity contribution in [2.24, 2.45) is 0 Å². The van der Waals surface area contributed by atoms with E-state index < -0.39 is 11.8 Å². The minimum Gasteiger partial charge on any atom is -0.506 e. The Morgan fingerprint density at radius 3 is 2.70 bits per heavy atom. The molecule has 1 heterocycles. The van der Waals surface area contributed by atoms with Gasteiger partial charge in [0, 0.05) is 10.5 Å².